The van der Waals surface area contributed by atoms with Gasteiger partial charge in [0.25, 0.3) is 0 Å². The topological polar surface area (TPSA) is 46.2 Å². The number of anilines is 1. The molecule has 1 rings (SSSR count). The first kappa shape index (κ1) is 17.3. The second-order valence-electron chi connectivity index (χ2n) is 5.38. The summed E-state index contributed by atoms with van der Waals surface area (Å²) in [6.07, 6.45) is 4.79. The van der Waals surface area contributed by atoms with E-state index in [9.17, 15) is 5.11 Å². The Kier molecular flexibility index (Phi) is 7.21. The van der Waals surface area contributed by atoms with E-state index in [1.165, 1.54) is 40.1 Å². The van der Waals surface area contributed by atoms with Gasteiger partial charge in [-0.05, 0) is 64.1 Å². The fourth-order valence-electron chi connectivity index (χ4n) is 2.48. The van der Waals surface area contributed by atoms with Crippen LogP contribution in [0.2, 0.25) is 0 Å². The summed E-state index contributed by atoms with van der Waals surface area (Å²) in [5.41, 5.74) is 8.75. The molecule has 19 heavy (non-hydrogen) atoms. The second-order valence-corrected chi connectivity index (χ2v) is 7.53. The number of benzene rings is 1. The summed E-state index contributed by atoms with van der Waals surface area (Å²) in [6.45, 7) is 4.25. The van der Waals surface area contributed by atoms with E-state index < -0.39 is 0 Å². The van der Waals surface area contributed by atoms with Gasteiger partial charge in [-0.1, -0.05) is 58.2 Å². The maximum atomic E-state index is 9.82. The van der Waals surface area contributed by atoms with Crippen LogP contribution in [0.4, 0.5) is 5.69 Å². The van der Waals surface area contributed by atoms with Crippen molar-refractivity contribution in [3.05, 3.63) is 23.3 Å². The van der Waals surface area contributed by atoms with Crippen LogP contribution in [0.3, 0.4) is 0 Å². The summed E-state index contributed by atoms with van der Waals surface area (Å²) >= 11 is 4.87. The van der Waals surface area contributed by atoms with Gasteiger partial charge >= 0.3 is 0 Å². The Hall–Kier alpha value is 0.280. The second kappa shape index (κ2) is 7.90. The Balaban J connectivity index is 3.09. The van der Waals surface area contributed by atoms with E-state index in [2.05, 4.69) is 58.2 Å². The van der Waals surface area contributed by atoms with E-state index >= 15 is 0 Å². The Morgan fingerprint density at radius 3 is 2.11 bits per heavy atom. The Bertz CT molecular complexity index is 390. The molecule has 0 radical (unpaired) electrons. The number of hydrogen-bond acceptors (Lipinski definition) is 2. The van der Waals surface area contributed by atoms with Crippen molar-refractivity contribution in [2.75, 3.05) is 14.6 Å². The van der Waals surface area contributed by atoms with Crippen molar-refractivity contribution in [3.63, 3.8) is 0 Å². The molecular weight excluding hydrogens is 464 g/mol. The monoisotopic (exact) mass is 487 g/mol. The van der Waals surface area contributed by atoms with Gasteiger partial charge < -0.3 is 10.8 Å². The average molecular weight is 487 g/mol. The van der Waals surface area contributed by atoms with Crippen molar-refractivity contribution in [3.8, 4) is 5.75 Å². The van der Waals surface area contributed by atoms with Crippen LogP contribution in [0, 0.1) is 6.92 Å². The first-order valence-corrected chi connectivity index (χ1v) is 9.71. The summed E-state index contributed by atoms with van der Waals surface area (Å²) in [5, 5.41) is 9.82. The molecule has 1 aromatic rings. The number of aromatic hydroxyl groups is 1. The molecule has 3 N–H and O–H groups in total. The summed E-state index contributed by atoms with van der Waals surface area (Å²) in [6, 6.07) is 4.06. The smallest absolute Gasteiger partial charge is 0.141 e. The molecule has 0 heterocycles. The molecule has 0 fully saturated rings. The lowest BCUT2D eigenvalue weighted by molar-refractivity contribution is 0.395. The van der Waals surface area contributed by atoms with Crippen molar-refractivity contribution in [1.82, 2.24) is 0 Å². The van der Waals surface area contributed by atoms with Gasteiger partial charge in [0, 0.05) is 0 Å². The summed E-state index contributed by atoms with van der Waals surface area (Å²) in [4.78, 5) is 0. The molecule has 0 bridgehead atoms. The van der Waals surface area contributed by atoms with Crippen molar-refractivity contribution in [2.45, 2.75) is 44.9 Å². The van der Waals surface area contributed by atoms with Crippen LogP contribution in [0.1, 0.15) is 43.7 Å². The Morgan fingerprint density at radius 1 is 1.16 bits per heavy atom. The van der Waals surface area contributed by atoms with E-state index in [-0.39, 0.29) is 11.2 Å². The lowest BCUT2D eigenvalue weighted by atomic mass is 9.74. The number of halogens is 2. The highest BCUT2D eigenvalue weighted by Gasteiger charge is 2.26. The first-order chi connectivity index (χ1) is 8.94. The number of rotatable bonds is 7. The van der Waals surface area contributed by atoms with Crippen molar-refractivity contribution >= 4 is 50.9 Å². The minimum absolute atomic E-state index is 0.170. The predicted molar refractivity (Wildman–Crippen MR) is 101 cm³/mol. The number of nitrogens with two attached hydrogens (primary N) is 1. The molecule has 0 unspecified atom stereocenters. The quantitative estimate of drug-likeness (QED) is 0.247. The number of alkyl halides is 2. The first-order valence-electron chi connectivity index (χ1n) is 6.66. The maximum Gasteiger partial charge on any atom is 0.141 e. The van der Waals surface area contributed by atoms with E-state index in [1.807, 2.05) is 13.0 Å². The molecule has 0 aromatic heterocycles. The van der Waals surface area contributed by atoms with Gasteiger partial charge in [0.2, 0.25) is 0 Å². The molecule has 2 nitrogen and oxygen atoms in total. The van der Waals surface area contributed by atoms with Crippen LogP contribution < -0.4 is 5.73 Å². The van der Waals surface area contributed by atoms with Gasteiger partial charge in [-0.15, -0.1) is 0 Å². The fraction of sp³-hybridized carbons (Fsp3) is 0.600. The minimum Gasteiger partial charge on any atom is -0.506 e. The number of phenols is 1. The van der Waals surface area contributed by atoms with E-state index in [1.54, 1.807) is 0 Å². The van der Waals surface area contributed by atoms with Crippen LogP contribution in [0.15, 0.2) is 12.1 Å². The molecule has 0 aliphatic heterocycles. The van der Waals surface area contributed by atoms with Crippen LogP contribution in [-0.2, 0) is 5.41 Å². The zero-order chi connectivity index (χ0) is 14.5. The normalized spacial score (nSPS) is 11.8. The van der Waals surface area contributed by atoms with Crippen LogP contribution in [0.5, 0.6) is 5.75 Å². The van der Waals surface area contributed by atoms with Crippen LogP contribution in [0.25, 0.3) is 0 Å². The molecular formula is C15H23I2NO. The maximum absolute atomic E-state index is 9.82. The minimum atomic E-state index is 0.170. The summed E-state index contributed by atoms with van der Waals surface area (Å²) < 4.78 is 2.37. The molecule has 0 amide bonds. The summed E-state index contributed by atoms with van der Waals surface area (Å²) in [7, 11) is 0. The van der Waals surface area contributed by atoms with Crippen molar-refractivity contribution in [1.29, 1.82) is 0 Å². The van der Waals surface area contributed by atoms with Crippen LogP contribution >= 0.6 is 45.2 Å². The average Bonchev–Trinajstić information content (AvgIpc) is 2.39. The summed E-state index contributed by atoms with van der Waals surface area (Å²) in [5.74, 6) is 0.230. The molecule has 0 saturated carbocycles. The largest absolute Gasteiger partial charge is 0.506 e. The third-order valence-corrected chi connectivity index (χ3v) is 5.28. The number of hydrogen-bond donors (Lipinski definition) is 2. The standard InChI is InChI=1S/C15H23I2NO/c1-11-9-12(10-13(18)14(11)19)15(2,5-3-7-16)6-4-8-17/h9-10,19H,3-8,18H2,1-2H3. The third kappa shape index (κ3) is 4.65. The highest BCUT2D eigenvalue weighted by Crippen LogP contribution is 2.38. The molecule has 0 aliphatic rings. The molecule has 1 aromatic carbocycles. The lowest BCUT2D eigenvalue weighted by Gasteiger charge is -2.31. The van der Waals surface area contributed by atoms with Gasteiger partial charge in [-0.25, -0.2) is 0 Å². The number of aryl methyl sites for hydroxylation is 1. The molecule has 0 saturated heterocycles. The highest BCUT2D eigenvalue weighted by atomic mass is 127. The van der Waals surface area contributed by atoms with E-state index in [0.29, 0.717) is 5.69 Å². The van der Waals surface area contributed by atoms with Crippen molar-refractivity contribution in [2.24, 2.45) is 0 Å². The van der Waals surface area contributed by atoms with Gasteiger partial charge in [0.05, 0.1) is 5.69 Å². The highest BCUT2D eigenvalue weighted by molar-refractivity contribution is 14.1. The van der Waals surface area contributed by atoms with E-state index in [4.69, 9.17) is 5.73 Å². The molecule has 108 valence electrons. The molecule has 0 aliphatic carbocycles. The third-order valence-electron chi connectivity index (χ3n) is 3.75. The number of phenolic OH excluding ortho intramolecular Hbond substituents is 1. The molecule has 4 heteroatoms. The fourth-order valence-corrected chi connectivity index (χ4v) is 3.25. The van der Waals surface area contributed by atoms with Gasteiger partial charge in [-0.2, -0.15) is 0 Å². The predicted octanol–water partition coefficient (Wildman–Crippen LogP) is 4.97. The zero-order valence-electron chi connectivity index (χ0n) is 11.7. The Morgan fingerprint density at radius 2 is 1.68 bits per heavy atom. The van der Waals surface area contributed by atoms with E-state index in [0.717, 1.165) is 5.56 Å². The Labute approximate surface area is 143 Å². The zero-order valence-corrected chi connectivity index (χ0v) is 16.0. The van der Waals surface area contributed by atoms with Gasteiger partial charge in [0.15, 0.2) is 0 Å². The lowest BCUT2D eigenvalue weighted by Crippen LogP contribution is -2.23. The van der Waals surface area contributed by atoms with Crippen molar-refractivity contribution < 1.29 is 5.11 Å². The SMILES string of the molecule is Cc1cc(C(C)(CCCI)CCCI)cc(N)c1O. The van der Waals surface area contributed by atoms with Gasteiger partial charge in [0.1, 0.15) is 5.75 Å². The molecule has 0 spiro atoms. The molecule has 0 atom stereocenters. The van der Waals surface area contributed by atoms with Crippen LogP contribution in [-0.4, -0.2) is 14.0 Å². The number of nitrogen functional groups attached to an aromatic ring is 1. The van der Waals surface area contributed by atoms with Gasteiger partial charge in [-0.3, -0.25) is 0 Å².